The maximum Gasteiger partial charge on any atom is 0.251 e. The van der Waals surface area contributed by atoms with E-state index >= 15 is 0 Å². The highest BCUT2D eigenvalue weighted by atomic mass is 32.2. The molecule has 1 aliphatic rings. The summed E-state index contributed by atoms with van der Waals surface area (Å²) in [5.41, 5.74) is 0.713. The molecule has 1 unspecified atom stereocenters. The summed E-state index contributed by atoms with van der Waals surface area (Å²) in [6.45, 7) is 2.95. The zero-order valence-electron chi connectivity index (χ0n) is 8.75. The number of aromatic nitrogens is 2. The molecule has 0 amide bonds. The van der Waals surface area contributed by atoms with Crippen molar-refractivity contribution in [2.45, 2.75) is 31.0 Å². The van der Waals surface area contributed by atoms with Gasteiger partial charge in [-0.05, 0) is 26.3 Å². The molecule has 1 aromatic heterocycles. The first-order valence-corrected chi connectivity index (χ1v) is 6.17. The predicted octanol–water partition coefficient (Wildman–Crippen LogP) is 0.922. The summed E-state index contributed by atoms with van der Waals surface area (Å²) in [5.74, 6) is 0.979. The summed E-state index contributed by atoms with van der Waals surface area (Å²) in [4.78, 5) is 18.2. The Balaban J connectivity index is 1.95. The average Bonchev–Trinajstić information content (AvgIpc) is 2.65. The van der Waals surface area contributed by atoms with E-state index < -0.39 is 0 Å². The summed E-state index contributed by atoms with van der Waals surface area (Å²) in [7, 11) is 0. The first-order valence-electron chi connectivity index (χ1n) is 5.18. The molecule has 82 valence electrons. The third-order valence-corrected chi connectivity index (χ3v) is 3.47. The second-order valence-electron chi connectivity index (χ2n) is 3.80. The molecule has 1 fully saturated rings. The van der Waals surface area contributed by atoms with Crippen LogP contribution in [-0.4, -0.2) is 28.3 Å². The Morgan fingerprint density at radius 2 is 2.53 bits per heavy atom. The van der Waals surface area contributed by atoms with Crippen LogP contribution in [0.3, 0.4) is 0 Å². The Morgan fingerprint density at radius 1 is 1.67 bits per heavy atom. The molecule has 1 aliphatic heterocycles. The highest BCUT2D eigenvalue weighted by Gasteiger charge is 2.14. The number of rotatable bonds is 3. The van der Waals surface area contributed by atoms with Gasteiger partial charge in [0, 0.05) is 23.6 Å². The number of thioether (sulfide) groups is 1. The molecule has 15 heavy (non-hydrogen) atoms. The van der Waals surface area contributed by atoms with Crippen LogP contribution in [0.25, 0.3) is 0 Å². The number of nitrogens with one attached hydrogen (secondary N) is 2. The van der Waals surface area contributed by atoms with Gasteiger partial charge in [-0.1, -0.05) is 11.8 Å². The van der Waals surface area contributed by atoms with Crippen molar-refractivity contribution in [2.75, 3.05) is 12.3 Å². The summed E-state index contributed by atoms with van der Waals surface area (Å²) >= 11 is 1.62. The Labute approximate surface area is 92.9 Å². The highest BCUT2D eigenvalue weighted by molar-refractivity contribution is 7.99. The second kappa shape index (κ2) is 4.81. The quantitative estimate of drug-likeness (QED) is 0.593. The van der Waals surface area contributed by atoms with Crippen molar-refractivity contribution in [3.05, 3.63) is 22.1 Å². The SMILES string of the molecule is Cc1cc(=O)[nH]c(SCC2CCCN2)n1. The maximum atomic E-state index is 11.2. The summed E-state index contributed by atoms with van der Waals surface area (Å²) in [5, 5.41) is 4.15. The van der Waals surface area contributed by atoms with Gasteiger partial charge in [0.2, 0.25) is 0 Å². The Morgan fingerprint density at radius 3 is 3.20 bits per heavy atom. The fourth-order valence-electron chi connectivity index (χ4n) is 1.70. The van der Waals surface area contributed by atoms with E-state index in [1.807, 2.05) is 6.92 Å². The van der Waals surface area contributed by atoms with E-state index in [0.29, 0.717) is 6.04 Å². The van der Waals surface area contributed by atoms with Crippen LogP contribution in [0.1, 0.15) is 18.5 Å². The molecule has 0 aliphatic carbocycles. The molecular formula is C10H15N3OS. The average molecular weight is 225 g/mol. The van der Waals surface area contributed by atoms with Crippen LogP contribution in [0.15, 0.2) is 16.0 Å². The normalized spacial score (nSPS) is 20.7. The lowest BCUT2D eigenvalue weighted by Crippen LogP contribution is -2.24. The molecule has 2 N–H and O–H groups in total. The van der Waals surface area contributed by atoms with E-state index in [2.05, 4.69) is 15.3 Å². The number of aryl methyl sites for hydroxylation is 1. The second-order valence-corrected chi connectivity index (χ2v) is 4.80. The highest BCUT2D eigenvalue weighted by Crippen LogP contribution is 2.16. The van der Waals surface area contributed by atoms with Crippen LogP contribution in [0.5, 0.6) is 0 Å². The van der Waals surface area contributed by atoms with Crippen LogP contribution < -0.4 is 10.9 Å². The fraction of sp³-hybridized carbons (Fsp3) is 0.600. The van der Waals surface area contributed by atoms with Gasteiger partial charge in [0.25, 0.3) is 5.56 Å². The minimum Gasteiger partial charge on any atom is -0.313 e. The minimum atomic E-state index is -0.0654. The van der Waals surface area contributed by atoms with Crippen molar-refractivity contribution < 1.29 is 0 Å². The van der Waals surface area contributed by atoms with Crippen LogP contribution >= 0.6 is 11.8 Å². The molecule has 2 heterocycles. The molecule has 0 spiro atoms. The summed E-state index contributed by atoms with van der Waals surface area (Å²) < 4.78 is 0. The standard InChI is InChI=1S/C10H15N3OS/c1-7-5-9(14)13-10(12-7)15-6-8-3-2-4-11-8/h5,8,11H,2-4,6H2,1H3,(H,12,13,14). The molecule has 1 saturated heterocycles. The number of aromatic amines is 1. The van der Waals surface area contributed by atoms with Crippen molar-refractivity contribution in [1.29, 1.82) is 0 Å². The largest absolute Gasteiger partial charge is 0.313 e. The topological polar surface area (TPSA) is 57.8 Å². The first kappa shape index (κ1) is 10.7. The Hall–Kier alpha value is -0.810. The lowest BCUT2D eigenvalue weighted by molar-refractivity contribution is 0.672. The van der Waals surface area contributed by atoms with Crippen LogP contribution in [0.4, 0.5) is 0 Å². The molecule has 0 saturated carbocycles. The van der Waals surface area contributed by atoms with Crippen molar-refractivity contribution in [2.24, 2.45) is 0 Å². The van der Waals surface area contributed by atoms with Gasteiger partial charge in [0.1, 0.15) is 0 Å². The summed E-state index contributed by atoms with van der Waals surface area (Å²) in [6, 6.07) is 2.08. The van der Waals surface area contributed by atoms with Crippen LogP contribution in [0.2, 0.25) is 0 Å². The number of H-pyrrole nitrogens is 1. The maximum absolute atomic E-state index is 11.2. The number of hydrogen-bond donors (Lipinski definition) is 2. The van der Waals surface area contributed by atoms with E-state index in [-0.39, 0.29) is 5.56 Å². The van der Waals surface area contributed by atoms with Gasteiger partial charge in [-0.15, -0.1) is 0 Å². The molecule has 0 aromatic carbocycles. The predicted molar refractivity (Wildman–Crippen MR) is 61.3 cm³/mol. The van der Waals surface area contributed by atoms with Gasteiger partial charge in [-0.25, -0.2) is 4.98 Å². The van der Waals surface area contributed by atoms with Gasteiger partial charge in [-0.2, -0.15) is 0 Å². The van der Waals surface area contributed by atoms with E-state index in [1.165, 1.54) is 18.9 Å². The van der Waals surface area contributed by atoms with Gasteiger partial charge in [0.15, 0.2) is 5.16 Å². The molecule has 1 aromatic rings. The third-order valence-electron chi connectivity index (χ3n) is 2.43. The zero-order chi connectivity index (χ0) is 10.7. The van der Waals surface area contributed by atoms with Gasteiger partial charge in [0.05, 0.1) is 0 Å². The van der Waals surface area contributed by atoms with Crippen LogP contribution in [0, 0.1) is 6.92 Å². The zero-order valence-corrected chi connectivity index (χ0v) is 9.56. The lowest BCUT2D eigenvalue weighted by Gasteiger charge is -2.08. The molecule has 0 radical (unpaired) electrons. The minimum absolute atomic E-state index is 0.0654. The fourth-order valence-corrected chi connectivity index (χ4v) is 2.72. The first-order chi connectivity index (χ1) is 7.24. The smallest absolute Gasteiger partial charge is 0.251 e. The van der Waals surface area contributed by atoms with E-state index in [1.54, 1.807) is 11.8 Å². The van der Waals surface area contributed by atoms with Gasteiger partial charge in [-0.3, -0.25) is 4.79 Å². The molecule has 4 nitrogen and oxygen atoms in total. The Kier molecular flexibility index (Phi) is 3.43. The van der Waals surface area contributed by atoms with Crippen molar-refractivity contribution in [1.82, 2.24) is 15.3 Å². The lowest BCUT2D eigenvalue weighted by atomic mass is 10.3. The summed E-state index contributed by atoms with van der Waals surface area (Å²) in [6.07, 6.45) is 2.48. The molecule has 1 atom stereocenters. The third kappa shape index (κ3) is 3.07. The molecule has 0 bridgehead atoms. The van der Waals surface area contributed by atoms with Gasteiger partial charge >= 0.3 is 0 Å². The van der Waals surface area contributed by atoms with E-state index in [9.17, 15) is 4.79 Å². The van der Waals surface area contributed by atoms with Crippen molar-refractivity contribution in [3.63, 3.8) is 0 Å². The molecule has 2 rings (SSSR count). The monoisotopic (exact) mass is 225 g/mol. The van der Waals surface area contributed by atoms with Crippen LogP contribution in [-0.2, 0) is 0 Å². The number of hydrogen-bond acceptors (Lipinski definition) is 4. The number of nitrogens with zero attached hydrogens (tertiary/aromatic N) is 1. The van der Waals surface area contributed by atoms with E-state index in [4.69, 9.17) is 0 Å². The van der Waals surface area contributed by atoms with E-state index in [0.717, 1.165) is 23.1 Å². The van der Waals surface area contributed by atoms with Crippen molar-refractivity contribution in [3.8, 4) is 0 Å². The molecule has 5 heteroatoms. The van der Waals surface area contributed by atoms with Gasteiger partial charge < -0.3 is 10.3 Å². The van der Waals surface area contributed by atoms with Crippen molar-refractivity contribution >= 4 is 11.8 Å². The molecular weight excluding hydrogens is 210 g/mol. The Bertz CT molecular complexity index is 384.